The van der Waals surface area contributed by atoms with Gasteiger partial charge in [-0.05, 0) is 6.42 Å². The molecule has 0 unspecified atom stereocenters. The average molecular weight is 279 g/mol. The van der Waals surface area contributed by atoms with Crippen LogP contribution in [-0.2, 0) is 17.8 Å². The number of nitrogens with one attached hydrogen (secondary N) is 2. The van der Waals surface area contributed by atoms with E-state index in [4.69, 9.17) is 5.11 Å². The van der Waals surface area contributed by atoms with Gasteiger partial charge in [0.1, 0.15) is 18.7 Å². The number of rotatable bonds is 7. The van der Waals surface area contributed by atoms with Gasteiger partial charge in [0.15, 0.2) is 5.69 Å². The van der Waals surface area contributed by atoms with Crippen molar-refractivity contribution >= 4 is 11.9 Å². The Bertz CT molecular complexity index is 577. The summed E-state index contributed by atoms with van der Waals surface area (Å²) in [5.74, 6) is -0.681. The lowest BCUT2D eigenvalue weighted by Gasteiger charge is -2.01. The standard InChI is InChI=1S/C10H13N7O3/c18-9(19)5-17-4-7(14-16-17)10(20)11-3-1-2-8-12-6-13-15-8/h4,6H,1-3,5H2,(H,11,20)(H,18,19)(H,12,13,15). The molecular formula is C10H13N7O3. The SMILES string of the molecule is O=C(O)Cn1cc(C(=O)NCCCc2ncn[nH]2)nn1. The third-order valence-electron chi connectivity index (χ3n) is 2.41. The number of hydrogen-bond donors (Lipinski definition) is 3. The van der Waals surface area contributed by atoms with Crippen molar-refractivity contribution in [2.45, 2.75) is 19.4 Å². The number of hydrogen-bond acceptors (Lipinski definition) is 6. The number of carboxylic acids is 1. The molecule has 0 atom stereocenters. The molecule has 0 bridgehead atoms. The van der Waals surface area contributed by atoms with Crippen LogP contribution in [0.1, 0.15) is 22.7 Å². The van der Waals surface area contributed by atoms with E-state index in [1.54, 1.807) is 0 Å². The highest BCUT2D eigenvalue weighted by Crippen LogP contribution is 1.95. The summed E-state index contributed by atoms with van der Waals surface area (Å²) in [6.45, 7) is 0.122. The van der Waals surface area contributed by atoms with E-state index in [0.29, 0.717) is 19.4 Å². The van der Waals surface area contributed by atoms with Gasteiger partial charge in [-0.3, -0.25) is 14.7 Å². The molecule has 10 nitrogen and oxygen atoms in total. The van der Waals surface area contributed by atoms with Crippen LogP contribution in [0.5, 0.6) is 0 Å². The molecule has 0 saturated heterocycles. The van der Waals surface area contributed by atoms with Crippen molar-refractivity contribution in [2.75, 3.05) is 6.54 Å². The van der Waals surface area contributed by atoms with Crippen LogP contribution in [0.25, 0.3) is 0 Å². The zero-order valence-electron chi connectivity index (χ0n) is 10.5. The van der Waals surface area contributed by atoms with E-state index in [1.807, 2.05) is 0 Å². The highest BCUT2D eigenvalue weighted by molar-refractivity contribution is 5.91. The lowest BCUT2D eigenvalue weighted by molar-refractivity contribution is -0.137. The fourth-order valence-electron chi connectivity index (χ4n) is 1.52. The molecule has 0 saturated carbocycles. The zero-order chi connectivity index (χ0) is 14.4. The molecule has 0 aliphatic rings. The fourth-order valence-corrected chi connectivity index (χ4v) is 1.52. The Labute approximate surface area is 113 Å². The molecule has 106 valence electrons. The molecule has 0 aliphatic heterocycles. The lowest BCUT2D eigenvalue weighted by Crippen LogP contribution is -2.25. The minimum Gasteiger partial charge on any atom is -0.480 e. The molecule has 2 aromatic heterocycles. The number of aromatic amines is 1. The lowest BCUT2D eigenvalue weighted by atomic mass is 10.3. The van der Waals surface area contributed by atoms with Gasteiger partial charge >= 0.3 is 5.97 Å². The maximum absolute atomic E-state index is 11.7. The normalized spacial score (nSPS) is 10.4. The van der Waals surface area contributed by atoms with Crippen LogP contribution < -0.4 is 5.32 Å². The first kappa shape index (κ1) is 13.6. The van der Waals surface area contributed by atoms with E-state index in [2.05, 4.69) is 30.8 Å². The van der Waals surface area contributed by atoms with E-state index >= 15 is 0 Å². The molecule has 20 heavy (non-hydrogen) atoms. The first-order chi connectivity index (χ1) is 9.65. The van der Waals surface area contributed by atoms with E-state index in [9.17, 15) is 9.59 Å². The Balaban J connectivity index is 1.74. The smallest absolute Gasteiger partial charge is 0.325 e. The number of carbonyl (C=O) groups excluding carboxylic acids is 1. The third-order valence-corrected chi connectivity index (χ3v) is 2.41. The molecule has 3 N–H and O–H groups in total. The summed E-state index contributed by atoms with van der Waals surface area (Å²) < 4.78 is 1.09. The van der Waals surface area contributed by atoms with Gasteiger partial charge in [-0.1, -0.05) is 5.21 Å². The van der Waals surface area contributed by atoms with Crippen LogP contribution >= 0.6 is 0 Å². The monoisotopic (exact) mass is 279 g/mol. The predicted octanol–water partition coefficient (Wildman–Crippen LogP) is -1.16. The highest BCUT2D eigenvalue weighted by Gasteiger charge is 2.11. The number of H-pyrrole nitrogens is 1. The molecule has 2 heterocycles. The topological polar surface area (TPSA) is 139 Å². The van der Waals surface area contributed by atoms with E-state index in [0.717, 1.165) is 10.5 Å². The van der Waals surface area contributed by atoms with Crippen molar-refractivity contribution in [3.63, 3.8) is 0 Å². The van der Waals surface area contributed by atoms with Gasteiger partial charge in [-0.2, -0.15) is 5.10 Å². The molecule has 2 rings (SSSR count). The first-order valence-corrected chi connectivity index (χ1v) is 5.89. The summed E-state index contributed by atoms with van der Waals surface area (Å²) in [6, 6.07) is 0. The number of aromatic nitrogens is 6. The van der Waals surface area contributed by atoms with Crippen molar-refractivity contribution in [3.8, 4) is 0 Å². The molecule has 2 aromatic rings. The number of nitrogens with zero attached hydrogens (tertiary/aromatic N) is 5. The van der Waals surface area contributed by atoms with E-state index in [-0.39, 0.29) is 18.1 Å². The molecule has 1 amide bonds. The van der Waals surface area contributed by atoms with Crippen molar-refractivity contribution in [1.29, 1.82) is 0 Å². The maximum atomic E-state index is 11.7. The Kier molecular flexibility index (Phi) is 4.37. The Hall–Kier alpha value is -2.78. The van der Waals surface area contributed by atoms with Gasteiger partial charge in [0.05, 0.1) is 6.20 Å². The summed E-state index contributed by atoms with van der Waals surface area (Å²) in [5.41, 5.74) is 0.0888. The summed E-state index contributed by atoms with van der Waals surface area (Å²) >= 11 is 0. The van der Waals surface area contributed by atoms with Crippen molar-refractivity contribution in [3.05, 3.63) is 24.0 Å². The number of carboxylic acid groups (broad SMARTS) is 1. The average Bonchev–Trinajstić information content (AvgIpc) is 3.04. The summed E-state index contributed by atoms with van der Waals surface area (Å²) in [7, 11) is 0. The largest absolute Gasteiger partial charge is 0.480 e. The van der Waals surface area contributed by atoms with Crippen LogP contribution in [-0.4, -0.2) is 53.7 Å². The molecule has 10 heteroatoms. The van der Waals surface area contributed by atoms with E-state index < -0.39 is 5.97 Å². The first-order valence-electron chi connectivity index (χ1n) is 5.89. The number of aryl methyl sites for hydroxylation is 1. The molecule has 0 fully saturated rings. The second-order valence-electron chi connectivity index (χ2n) is 3.99. The summed E-state index contributed by atoms with van der Waals surface area (Å²) in [4.78, 5) is 26.1. The molecule has 0 spiro atoms. The highest BCUT2D eigenvalue weighted by atomic mass is 16.4. The van der Waals surface area contributed by atoms with Crippen molar-refractivity contribution in [1.82, 2.24) is 35.5 Å². The van der Waals surface area contributed by atoms with Crippen LogP contribution in [0.2, 0.25) is 0 Å². The van der Waals surface area contributed by atoms with Crippen LogP contribution in [0, 0.1) is 0 Å². The van der Waals surface area contributed by atoms with Gasteiger partial charge in [0.2, 0.25) is 0 Å². The second-order valence-corrected chi connectivity index (χ2v) is 3.99. The Morgan fingerprint density at radius 1 is 1.45 bits per heavy atom. The minimum absolute atomic E-state index is 0.0888. The van der Waals surface area contributed by atoms with Gasteiger partial charge < -0.3 is 10.4 Å². The predicted molar refractivity (Wildman–Crippen MR) is 64.7 cm³/mol. The molecular weight excluding hydrogens is 266 g/mol. The Morgan fingerprint density at radius 2 is 2.30 bits per heavy atom. The Morgan fingerprint density at radius 3 is 3.00 bits per heavy atom. The molecule has 0 aliphatic carbocycles. The summed E-state index contributed by atoms with van der Waals surface area (Å²) in [5, 5.41) is 24.8. The van der Waals surface area contributed by atoms with Gasteiger partial charge in [-0.15, -0.1) is 5.10 Å². The number of aliphatic carboxylic acids is 1. The molecule has 0 aromatic carbocycles. The number of carbonyl (C=O) groups is 2. The number of amides is 1. The van der Waals surface area contributed by atoms with Crippen LogP contribution in [0.4, 0.5) is 0 Å². The summed E-state index contributed by atoms with van der Waals surface area (Å²) in [6.07, 6.45) is 4.09. The van der Waals surface area contributed by atoms with Gasteiger partial charge in [-0.25, -0.2) is 9.67 Å². The third kappa shape index (κ3) is 3.86. The minimum atomic E-state index is -1.05. The molecule has 0 radical (unpaired) electrons. The van der Waals surface area contributed by atoms with Gasteiger partial charge in [0, 0.05) is 13.0 Å². The maximum Gasteiger partial charge on any atom is 0.325 e. The van der Waals surface area contributed by atoms with Crippen LogP contribution in [0.15, 0.2) is 12.5 Å². The van der Waals surface area contributed by atoms with Crippen molar-refractivity contribution < 1.29 is 14.7 Å². The van der Waals surface area contributed by atoms with Crippen molar-refractivity contribution in [2.24, 2.45) is 0 Å². The van der Waals surface area contributed by atoms with Crippen LogP contribution in [0.3, 0.4) is 0 Å². The van der Waals surface area contributed by atoms with Gasteiger partial charge in [0.25, 0.3) is 5.91 Å². The van der Waals surface area contributed by atoms with E-state index in [1.165, 1.54) is 12.5 Å². The quantitative estimate of drug-likeness (QED) is 0.543. The fraction of sp³-hybridized carbons (Fsp3) is 0.400. The second kappa shape index (κ2) is 6.41. The zero-order valence-corrected chi connectivity index (χ0v) is 10.5.